The standard InChI is InChI=1S/C22H25N2O2S/c1-16-8-9-17-6-4-5-7-21(17)22(16)27(25,26)23-20-11-10-19-15-24(2,3)13-12-18(19)14-20/h4-11,14,23H,12-13,15H2,1-3H3/q+1. The molecule has 0 fully saturated rings. The lowest BCUT2D eigenvalue weighted by Gasteiger charge is -2.35. The van der Waals surface area contributed by atoms with E-state index in [0.29, 0.717) is 10.6 Å². The van der Waals surface area contributed by atoms with Crippen LogP contribution < -0.4 is 4.72 Å². The lowest BCUT2D eigenvalue weighted by Crippen LogP contribution is -2.43. The molecule has 1 heterocycles. The molecule has 0 saturated heterocycles. The Morgan fingerprint density at radius 3 is 2.56 bits per heavy atom. The number of hydrogen-bond acceptors (Lipinski definition) is 2. The first-order valence-corrected chi connectivity index (χ1v) is 10.7. The summed E-state index contributed by atoms with van der Waals surface area (Å²) in [5.74, 6) is 0. The van der Waals surface area contributed by atoms with Crippen molar-refractivity contribution in [2.75, 3.05) is 25.4 Å². The van der Waals surface area contributed by atoms with Crippen molar-refractivity contribution < 1.29 is 12.9 Å². The highest BCUT2D eigenvalue weighted by Crippen LogP contribution is 2.30. The second-order valence-corrected chi connectivity index (χ2v) is 9.71. The molecule has 0 unspecified atom stereocenters. The quantitative estimate of drug-likeness (QED) is 0.695. The molecule has 0 bridgehead atoms. The number of rotatable bonds is 3. The third kappa shape index (κ3) is 3.45. The summed E-state index contributed by atoms with van der Waals surface area (Å²) in [6.07, 6.45) is 0.963. The fourth-order valence-electron chi connectivity index (χ4n) is 3.95. The Morgan fingerprint density at radius 1 is 0.963 bits per heavy atom. The van der Waals surface area contributed by atoms with Gasteiger partial charge < -0.3 is 4.48 Å². The third-order valence-electron chi connectivity index (χ3n) is 5.39. The molecule has 4 rings (SSSR count). The number of likely N-dealkylation sites (N-methyl/N-ethyl adjacent to an activating group) is 1. The molecule has 1 aliphatic rings. The van der Waals surface area contributed by atoms with Gasteiger partial charge >= 0.3 is 0 Å². The van der Waals surface area contributed by atoms with Crippen LogP contribution in [0.15, 0.2) is 59.5 Å². The molecule has 27 heavy (non-hydrogen) atoms. The Kier molecular flexibility index (Phi) is 4.24. The van der Waals surface area contributed by atoms with E-state index in [-0.39, 0.29) is 0 Å². The van der Waals surface area contributed by atoms with Crippen molar-refractivity contribution in [2.45, 2.75) is 24.8 Å². The Bertz CT molecular complexity index is 1130. The molecular formula is C22H25N2O2S+. The maximum Gasteiger partial charge on any atom is 0.262 e. The van der Waals surface area contributed by atoms with Gasteiger partial charge in [0.05, 0.1) is 25.5 Å². The Labute approximate surface area is 161 Å². The molecule has 5 heteroatoms. The van der Waals surface area contributed by atoms with E-state index in [1.54, 1.807) is 0 Å². The summed E-state index contributed by atoms with van der Waals surface area (Å²) in [6, 6.07) is 17.4. The van der Waals surface area contributed by atoms with Crippen LogP contribution in [0, 0.1) is 6.92 Å². The monoisotopic (exact) mass is 381 g/mol. The summed E-state index contributed by atoms with van der Waals surface area (Å²) in [5.41, 5.74) is 3.92. The highest BCUT2D eigenvalue weighted by molar-refractivity contribution is 7.93. The van der Waals surface area contributed by atoms with Gasteiger partial charge in [-0.15, -0.1) is 0 Å². The van der Waals surface area contributed by atoms with Crippen LogP contribution in [0.25, 0.3) is 10.8 Å². The summed E-state index contributed by atoms with van der Waals surface area (Å²) in [4.78, 5) is 0.358. The van der Waals surface area contributed by atoms with Gasteiger partial charge in [-0.2, -0.15) is 0 Å². The second kappa shape index (κ2) is 6.36. The zero-order valence-electron chi connectivity index (χ0n) is 16.0. The van der Waals surface area contributed by atoms with Crippen LogP contribution in [0.3, 0.4) is 0 Å². The fraction of sp³-hybridized carbons (Fsp3) is 0.273. The van der Waals surface area contributed by atoms with Crippen LogP contribution in [0.5, 0.6) is 0 Å². The number of nitrogens with zero attached hydrogens (tertiary/aromatic N) is 1. The Morgan fingerprint density at radius 2 is 1.74 bits per heavy atom. The van der Waals surface area contributed by atoms with Crippen molar-refractivity contribution in [3.05, 3.63) is 71.3 Å². The van der Waals surface area contributed by atoms with Crippen LogP contribution in [0.2, 0.25) is 0 Å². The number of nitrogens with one attached hydrogen (secondary N) is 1. The average molecular weight is 382 g/mol. The summed E-state index contributed by atoms with van der Waals surface area (Å²) in [5, 5.41) is 1.68. The number of hydrogen-bond donors (Lipinski definition) is 1. The third-order valence-corrected chi connectivity index (χ3v) is 6.97. The molecule has 3 aromatic rings. The molecule has 3 aromatic carbocycles. The van der Waals surface area contributed by atoms with E-state index in [4.69, 9.17) is 0 Å². The Hall–Kier alpha value is -2.37. The number of aryl methyl sites for hydroxylation is 1. The molecule has 4 nitrogen and oxygen atoms in total. The smallest absolute Gasteiger partial charge is 0.262 e. The van der Waals surface area contributed by atoms with Gasteiger partial charge in [-0.25, -0.2) is 8.42 Å². The van der Waals surface area contributed by atoms with Gasteiger partial charge in [-0.1, -0.05) is 42.5 Å². The van der Waals surface area contributed by atoms with Crippen molar-refractivity contribution in [1.82, 2.24) is 0 Å². The average Bonchev–Trinajstić information content (AvgIpc) is 2.60. The van der Waals surface area contributed by atoms with Gasteiger partial charge in [0, 0.05) is 23.1 Å². The van der Waals surface area contributed by atoms with Crippen molar-refractivity contribution in [1.29, 1.82) is 0 Å². The predicted molar refractivity (Wildman–Crippen MR) is 110 cm³/mol. The number of sulfonamides is 1. The molecule has 0 atom stereocenters. The molecule has 1 aliphatic heterocycles. The molecular weight excluding hydrogens is 356 g/mol. The van der Waals surface area contributed by atoms with Crippen molar-refractivity contribution in [3.63, 3.8) is 0 Å². The number of benzene rings is 3. The van der Waals surface area contributed by atoms with Crippen LogP contribution in [0.1, 0.15) is 16.7 Å². The highest BCUT2D eigenvalue weighted by Gasteiger charge is 2.25. The number of quaternary nitrogens is 1. The normalized spacial score (nSPS) is 16.1. The molecule has 0 radical (unpaired) electrons. The summed E-state index contributed by atoms with van der Waals surface area (Å²) in [7, 11) is 0.776. The van der Waals surface area contributed by atoms with Gasteiger partial charge in [0.1, 0.15) is 6.54 Å². The fourth-order valence-corrected chi connectivity index (χ4v) is 5.46. The van der Waals surface area contributed by atoms with Crippen molar-refractivity contribution >= 4 is 26.5 Å². The van der Waals surface area contributed by atoms with E-state index < -0.39 is 10.0 Å². The lowest BCUT2D eigenvalue weighted by molar-refractivity contribution is -0.905. The predicted octanol–water partition coefficient (Wildman–Crippen LogP) is 4.08. The van der Waals surface area contributed by atoms with Crippen LogP contribution in [-0.4, -0.2) is 33.5 Å². The second-order valence-electron chi connectivity index (χ2n) is 8.09. The molecule has 1 N–H and O–H groups in total. The van der Waals surface area contributed by atoms with Crippen LogP contribution in [0.4, 0.5) is 5.69 Å². The maximum atomic E-state index is 13.2. The summed E-state index contributed by atoms with van der Waals surface area (Å²) >= 11 is 0. The Balaban J connectivity index is 1.72. The van der Waals surface area contributed by atoms with Gasteiger partial charge in [-0.3, -0.25) is 4.72 Å². The molecule has 0 aromatic heterocycles. The lowest BCUT2D eigenvalue weighted by atomic mass is 9.98. The van der Waals surface area contributed by atoms with Crippen LogP contribution in [-0.2, 0) is 23.0 Å². The van der Waals surface area contributed by atoms with Gasteiger partial charge in [0.25, 0.3) is 10.0 Å². The SMILES string of the molecule is Cc1ccc2ccccc2c1S(=O)(=O)Nc1ccc2c(c1)CC[N+](C)(C)C2. The van der Waals surface area contributed by atoms with Crippen molar-refractivity contribution in [3.8, 4) is 0 Å². The minimum atomic E-state index is -3.67. The highest BCUT2D eigenvalue weighted by atomic mass is 32.2. The first-order valence-electron chi connectivity index (χ1n) is 9.20. The minimum Gasteiger partial charge on any atom is -0.324 e. The topological polar surface area (TPSA) is 46.2 Å². The van der Waals surface area contributed by atoms with Gasteiger partial charge in [0.15, 0.2) is 0 Å². The molecule has 0 spiro atoms. The van der Waals surface area contributed by atoms with E-state index in [1.165, 1.54) is 11.1 Å². The first kappa shape index (κ1) is 18.0. The molecule has 0 amide bonds. The first-order chi connectivity index (χ1) is 12.8. The summed E-state index contributed by atoms with van der Waals surface area (Å²) < 4.78 is 30.2. The maximum absolute atomic E-state index is 13.2. The summed E-state index contributed by atoms with van der Waals surface area (Å²) in [6.45, 7) is 3.88. The van der Waals surface area contributed by atoms with Crippen LogP contribution >= 0.6 is 0 Å². The van der Waals surface area contributed by atoms with E-state index in [2.05, 4.69) is 24.9 Å². The van der Waals surface area contributed by atoms with E-state index >= 15 is 0 Å². The number of fused-ring (bicyclic) bond motifs is 2. The largest absolute Gasteiger partial charge is 0.324 e. The van der Waals surface area contributed by atoms with Gasteiger partial charge in [-0.05, 0) is 35.6 Å². The molecule has 140 valence electrons. The van der Waals surface area contributed by atoms with Gasteiger partial charge in [0.2, 0.25) is 0 Å². The zero-order chi connectivity index (χ0) is 19.2. The van der Waals surface area contributed by atoms with Crippen molar-refractivity contribution in [2.24, 2.45) is 0 Å². The van der Waals surface area contributed by atoms with E-state index in [1.807, 2.05) is 55.5 Å². The zero-order valence-corrected chi connectivity index (χ0v) is 16.8. The van der Waals surface area contributed by atoms with E-state index in [9.17, 15) is 8.42 Å². The van der Waals surface area contributed by atoms with E-state index in [0.717, 1.165) is 40.3 Å². The molecule has 0 aliphatic carbocycles. The molecule has 0 saturated carbocycles. The number of anilines is 1. The minimum absolute atomic E-state index is 0.358.